The van der Waals surface area contributed by atoms with Gasteiger partial charge in [-0.15, -0.1) is 0 Å². The van der Waals surface area contributed by atoms with E-state index in [0.29, 0.717) is 19.1 Å². The fourth-order valence-electron chi connectivity index (χ4n) is 2.09. The van der Waals surface area contributed by atoms with Crippen LogP contribution in [0, 0.1) is 5.41 Å². The zero-order chi connectivity index (χ0) is 13.8. The third-order valence-corrected chi connectivity index (χ3v) is 5.92. The molecule has 1 heterocycles. The van der Waals surface area contributed by atoms with Crippen LogP contribution in [-0.4, -0.2) is 45.2 Å². The van der Waals surface area contributed by atoms with Crippen molar-refractivity contribution in [2.75, 3.05) is 25.5 Å². The van der Waals surface area contributed by atoms with Crippen LogP contribution in [0.1, 0.15) is 40.5 Å². The summed E-state index contributed by atoms with van der Waals surface area (Å²) in [6, 6.07) is 0.421. The Kier molecular flexibility index (Phi) is 5.62. The van der Waals surface area contributed by atoms with E-state index in [0.717, 1.165) is 19.6 Å². The summed E-state index contributed by atoms with van der Waals surface area (Å²) in [6.45, 7) is 9.99. The monoisotopic (exact) mass is 277 g/mol. The van der Waals surface area contributed by atoms with Gasteiger partial charge >= 0.3 is 0 Å². The molecule has 5 heteroatoms. The Labute approximate surface area is 111 Å². The second-order valence-electron chi connectivity index (χ2n) is 6.00. The number of rotatable bonds is 7. The van der Waals surface area contributed by atoms with Crippen LogP contribution < -0.4 is 5.32 Å². The molecule has 1 aliphatic heterocycles. The largest absolute Gasteiger partial charge is 0.381 e. The number of sulfone groups is 1. The molecule has 0 aromatic heterocycles. The molecule has 0 spiro atoms. The predicted octanol–water partition coefficient (Wildman–Crippen LogP) is 1.60. The smallest absolute Gasteiger partial charge is 0.152 e. The second-order valence-corrected chi connectivity index (χ2v) is 8.68. The predicted molar refractivity (Wildman–Crippen MR) is 74.5 cm³/mol. The van der Waals surface area contributed by atoms with Crippen LogP contribution >= 0.6 is 0 Å². The Bertz CT molecular complexity index is 343. The van der Waals surface area contributed by atoms with Gasteiger partial charge in [0.05, 0.1) is 17.6 Å². The molecule has 0 amide bonds. The Hall–Kier alpha value is -0.130. The molecule has 4 nitrogen and oxygen atoms in total. The fourth-order valence-corrected chi connectivity index (χ4v) is 3.28. The fraction of sp³-hybridized carbons (Fsp3) is 1.00. The maximum absolute atomic E-state index is 11.9. The van der Waals surface area contributed by atoms with Gasteiger partial charge in [0.15, 0.2) is 9.84 Å². The minimum atomic E-state index is -2.95. The van der Waals surface area contributed by atoms with Crippen molar-refractivity contribution in [1.29, 1.82) is 0 Å². The molecular formula is C13H27NO3S. The molecule has 1 saturated heterocycles. The first-order chi connectivity index (χ1) is 8.27. The van der Waals surface area contributed by atoms with E-state index in [1.807, 2.05) is 0 Å². The van der Waals surface area contributed by atoms with Gasteiger partial charge in [-0.1, -0.05) is 13.8 Å². The Morgan fingerprint density at radius 1 is 1.28 bits per heavy atom. The minimum Gasteiger partial charge on any atom is -0.381 e. The molecule has 1 unspecified atom stereocenters. The summed E-state index contributed by atoms with van der Waals surface area (Å²) in [6.07, 6.45) is 1.66. The van der Waals surface area contributed by atoms with E-state index in [-0.39, 0.29) is 16.4 Å². The minimum absolute atomic E-state index is 0.00618. The summed E-state index contributed by atoms with van der Waals surface area (Å²) in [5.74, 6) is 0.272. The molecule has 0 aliphatic carbocycles. The van der Waals surface area contributed by atoms with E-state index < -0.39 is 9.84 Å². The SMILES string of the molecule is CC(C)NCC1(CCS(=O)(=O)C(C)C)CCOC1. The lowest BCUT2D eigenvalue weighted by Gasteiger charge is -2.29. The molecule has 1 rings (SSSR count). The van der Waals surface area contributed by atoms with Gasteiger partial charge in [-0.2, -0.15) is 0 Å². The molecule has 1 atom stereocenters. The quantitative estimate of drug-likeness (QED) is 0.768. The van der Waals surface area contributed by atoms with Crippen molar-refractivity contribution in [3.8, 4) is 0 Å². The first-order valence-electron chi connectivity index (χ1n) is 6.80. The average Bonchev–Trinajstić information content (AvgIpc) is 2.73. The molecule has 0 aromatic carbocycles. The lowest BCUT2D eigenvalue weighted by atomic mass is 9.84. The maximum atomic E-state index is 11.9. The number of nitrogens with one attached hydrogen (secondary N) is 1. The van der Waals surface area contributed by atoms with E-state index in [1.54, 1.807) is 13.8 Å². The summed E-state index contributed by atoms with van der Waals surface area (Å²) in [7, 11) is -2.95. The number of hydrogen-bond donors (Lipinski definition) is 1. The van der Waals surface area contributed by atoms with Gasteiger partial charge in [0.2, 0.25) is 0 Å². The topological polar surface area (TPSA) is 55.4 Å². The zero-order valence-electron chi connectivity index (χ0n) is 12.0. The third-order valence-electron chi connectivity index (χ3n) is 3.71. The summed E-state index contributed by atoms with van der Waals surface area (Å²) in [5.41, 5.74) is 0.00618. The molecule has 18 heavy (non-hydrogen) atoms. The Morgan fingerprint density at radius 2 is 1.94 bits per heavy atom. The first-order valence-corrected chi connectivity index (χ1v) is 8.52. The van der Waals surface area contributed by atoms with Crippen molar-refractivity contribution in [3.05, 3.63) is 0 Å². The van der Waals surface area contributed by atoms with Gasteiger partial charge in [0.1, 0.15) is 0 Å². The molecule has 1 fully saturated rings. The number of ether oxygens (including phenoxy) is 1. The molecule has 1 N–H and O–H groups in total. The highest BCUT2D eigenvalue weighted by molar-refractivity contribution is 7.91. The van der Waals surface area contributed by atoms with Crippen molar-refractivity contribution < 1.29 is 13.2 Å². The zero-order valence-corrected chi connectivity index (χ0v) is 12.8. The van der Waals surface area contributed by atoms with Crippen LogP contribution in [-0.2, 0) is 14.6 Å². The van der Waals surface area contributed by atoms with Crippen LogP contribution in [0.25, 0.3) is 0 Å². The van der Waals surface area contributed by atoms with Crippen LogP contribution in [0.15, 0.2) is 0 Å². The standard InChI is InChI=1S/C13H27NO3S/c1-11(2)14-9-13(5-7-17-10-13)6-8-18(15,16)12(3)4/h11-12,14H,5-10H2,1-4H3. The van der Waals surface area contributed by atoms with Crippen molar-refractivity contribution in [2.24, 2.45) is 5.41 Å². The van der Waals surface area contributed by atoms with Gasteiger partial charge in [0.25, 0.3) is 0 Å². The third kappa shape index (κ3) is 4.52. The van der Waals surface area contributed by atoms with E-state index in [9.17, 15) is 8.42 Å². The maximum Gasteiger partial charge on any atom is 0.152 e. The summed E-state index contributed by atoms with van der Waals surface area (Å²) in [4.78, 5) is 0. The van der Waals surface area contributed by atoms with Crippen molar-refractivity contribution >= 4 is 9.84 Å². The summed E-state index contributed by atoms with van der Waals surface area (Å²) >= 11 is 0. The van der Waals surface area contributed by atoms with Gasteiger partial charge in [-0.25, -0.2) is 8.42 Å². The second kappa shape index (κ2) is 6.35. The lowest BCUT2D eigenvalue weighted by molar-refractivity contribution is 0.146. The molecular weight excluding hydrogens is 250 g/mol. The first kappa shape index (κ1) is 15.9. The Morgan fingerprint density at radius 3 is 2.39 bits per heavy atom. The normalized spacial score (nSPS) is 25.2. The molecule has 0 bridgehead atoms. The van der Waals surface area contributed by atoms with Crippen LogP contribution in [0.4, 0.5) is 0 Å². The highest BCUT2D eigenvalue weighted by atomic mass is 32.2. The van der Waals surface area contributed by atoms with Crippen molar-refractivity contribution in [1.82, 2.24) is 5.32 Å². The van der Waals surface area contributed by atoms with Crippen molar-refractivity contribution in [2.45, 2.75) is 51.8 Å². The highest BCUT2D eigenvalue weighted by Gasteiger charge is 2.36. The summed E-state index contributed by atoms with van der Waals surface area (Å²) < 4.78 is 29.3. The molecule has 108 valence electrons. The average molecular weight is 277 g/mol. The van der Waals surface area contributed by atoms with Crippen molar-refractivity contribution in [3.63, 3.8) is 0 Å². The number of hydrogen-bond acceptors (Lipinski definition) is 4. The molecule has 0 saturated carbocycles. The lowest BCUT2D eigenvalue weighted by Crippen LogP contribution is -2.39. The van der Waals surface area contributed by atoms with E-state index in [1.165, 1.54) is 0 Å². The van der Waals surface area contributed by atoms with Crippen LogP contribution in [0.3, 0.4) is 0 Å². The van der Waals surface area contributed by atoms with E-state index in [2.05, 4.69) is 19.2 Å². The van der Waals surface area contributed by atoms with Crippen LogP contribution in [0.5, 0.6) is 0 Å². The van der Waals surface area contributed by atoms with Gasteiger partial charge in [0, 0.05) is 24.6 Å². The van der Waals surface area contributed by atoms with Gasteiger partial charge < -0.3 is 10.1 Å². The molecule has 0 aromatic rings. The molecule has 0 radical (unpaired) electrons. The van der Waals surface area contributed by atoms with Crippen LogP contribution in [0.2, 0.25) is 0 Å². The highest BCUT2D eigenvalue weighted by Crippen LogP contribution is 2.32. The Balaban J connectivity index is 2.58. The molecule has 1 aliphatic rings. The van der Waals surface area contributed by atoms with Gasteiger partial charge in [-0.3, -0.25) is 0 Å². The summed E-state index contributed by atoms with van der Waals surface area (Å²) in [5, 5.41) is 3.14. The van der Waals surface area contributed by atoms with E-state index >= 15 is 0 Å². The van der Waals surface area contributed by atoms with Gasteiger partial charge in [-0.05, 0) is 26.7 Å². The van der Waals surface area contributed by atoms with E-state index in [4.69, 9.17) is 4.74 Å².